The van der Waals surface area contributed by atoms with Crippen molar-refractivity contribution < 1.29 is 40.7 Å². The van der Waals surface area contributed by atoms with Gasteiger partial charge in [-0.15, -0.1) is 23.1 Å². The molecule has 1 aromatic carbocycles. The Labute approximate surface area is 191 Å². The number of hydrogen-bond donors (Lipinski definition) is 0. The van der Waals surface area contributed by atoms with Crippen molar-refractivity contribution in [3.8, 4) is 11.3 Å². The highest BCUT2D eigenvalue weighted by Crippen LogP contribution is 2.41. The molecule has 0 aliphatic rings. The standard InChI is InChI=1S/C20H14F6N2O3S2/c1-9-14(18(32-3)33-15(9)17(30)31-2)13-4-5-28(27-13)16(29)10-6-11(19(21,22)23)8-12(7-10)20(24,25)26/h4-8H,1-3H3. The third-order valence-electron chi connectivity index (χ3n) is 4.56. The molecule has 0 amide bonds. The van der Waals surface area contributed by atoms with E-state index in [0.717, 1.165) is 17.5 Å². The fourth-order valence-electron chi connectivity index (χ4n) is 3.00. The third-order valence-corrected chi connectivity index (χ3v) is 6.95. The minimum atomic E-state index is -5.09. The van der Waals surface area contributed by atoms with E-state index in [9.17, 15) is 35.9 Å². The summed E-state index contributed by atoms with van der Waals surface area (Å²) in [5.74, 6) is -1.75. The summed E-state index contributed by atoms with van der Waals surface area (Å²) in [6, 6.07) is 2.01. The number of carbonyl (C=O) groups excluding carboxylic acids is 2. The SMILES string of the molecule is COC(=O)c1sc(SC)c(-c2ccn(C(=O)c3cc(C(F)(F)F)cc(C(F)(F)F)c3)n2)c1C. The van der Waals surface area contributed by atoms with Crippen LogP contribution in [-0.2, 0) is 17.1 Å². The zero-order valence-corrected chi connectivity index (χ0v) is 18.7. The molecule has 5 nitrogen and oxygen atoms in total. The Morgan fingerprint density at radius 1 is 1.06 bits per heavy atom. The molecule has 0 fully saturated rings. The number of halogens is 6. The van der Waals surface area contributed by atoms with Gasteiger partial charge < -0.3 is 4.74 Å². The van der Waals surface area contributed by atoms with Crippen molar-refractivity contribution in [2.75, 3.05) is 13.4 Å². The van der Waals surface area contributed by atoms with E-state index in [1.54, 1.807) is 13.2 Å². The summed E-state index contributed by atoms with van der Waals surface area (Å²) < 4.78 is 84.7. The summed E-state index contributed by atoms with van der Waals surface area (Å²) >= 11 is 2.44. The summed E-state index contributed by atoms with van der Waals surface area (Å²) in [4.78, 5) is 25.0. The number of aromatic nitrogens is 2. The van der Waals surface area contributed by atoms with Crippen LogP contribution in [0.1, 0.15) is 36.7 Å². The number of alkyl halides is 6. The van der Waals surface area contributed by atoms with E-state index in [-0.39, 0.29) is 11.8 Å². The Morgan fingerprint density at radius 3 is 2.12 bits per heavy atom. The van der Waals surface area contributed by atoms with Gasteiger partial charge in [0.2, 0.25) is 0 Å². The molecule has 33 heavy (non-hydrogen) atoms. The molecule has 0 radical (unpaired) electrons. The lowest BCUT2D eigenvalue weighted by Gasteiger charge is -2.13. The maximum atomic E-state index is 13.1. The Hall–Kier alpha value is -2.80. The maximum Gasteiger partial charge on any atom is 0.416 e. The van der Waals surface area contributed by atoms with Crippen LogP contribution in [0.3, 0.4) is 0 Å². The number of benzene rings is 1. The lowest BCUT2D eigenvalue weighted by Crippen LogP contribution is -2.17. The van der Waals surface area contributed by atoms with Gasteiger partial charge in [0.25, 0.3) is 5.91 Å². The first kappa shape index (κ1) is 24.8. The van der Waals surface area contributed by atoms with Crippen molar-refractivity contribution in [1.29, 1.82) is 0 Å². The van der Waals surface area contributed by atoms with Crippen LogP contribution >= 0.6 is 23.1 Å². The number of thioether (sulfide) groups is 1. The molecule has 0 saturated carbocycles. The largest absolute Gasteiger partial charge is 0.465 e. The topological polar surface area (TPSA) is 61.2 Å². The van der Waals surface area contributed by atoms with Gasteiger partial charge in [-0.1, -0.05) is 0 Å². The van der Waals surface area contributed by atoms with Crippen molar-refractivity contribution in [2.24, 2.45) is 0 Å². The molecule has 0 aliphatic carbocycles. The van der Waals surface area contributed by atoms with Crippen molar-refractivity contribution in [3.05, 3.63) is 57.6 Å². The van der Waals surface area contributed by atoms with E-state index in [2.05, 4.69) is 5.10 Å². The fourth-order valence-corrected chi connectivity index (χ4v) is 5.01. The first-order valence-electron chi connectivity index (χ1n) is 8.93. The fraction of sp³-hybridized carbons (Fsp3) is 0.250. The van der Waals surface area contributed by atoms with Gasteiger partial charge in [-0.2, -0.15) is 31.4 Å². The number of thiophene rings is 1. The van der Waals surface area contributed by atoms with E-state index in [1.807, 2.05) is 0 Å². The highest BCUT2D eigenvalue weighted by atomic mass is 32.2. The Balaban J connectivity index is 2.07. The number of hydrogen-bond acceptors (Lipinski definition) is 6. The molecule has 3 rings (SSSR count). The van der Waals surface area contributed by atoms with Gasteiger partial charge in [0.05, 0.1) is 28.1 Å². The van der Waals surface area contributed by atoms with Gasteiger partial charge in [0.15, 0.2) is 0 Å². The molecule has 0 atom stereocenters. The average molecular weight is 508 g/mol. The van der Waals surface area contributed by atoms with Crippen LogP contribution in [0.5, 0.6) is 0 Å². The molecule has 0 unspecified atom stereocenters. The molecule has 3 aromatic rings. The highest BCUT2D eigenvalue weighted by Gasteiger charge is 2.37. The molecule has 13 heteroatoms. The molecular weight excluding hydrogens is 494 g/mol. The predicted octanol–water partition coefficient (Wildman–Crippen LogP) is 6.15. The minimum absolute atomic E-state index is 0.0564. The monoisotopic (exact) mass is 508 g/mol. The first-order valence-corrected chi connectivity index (χ1v) is 11.0. The second-order valence-electron chi connectivity index (χ2n) is 6.66. The number of ether oxygens (including phenoxy) is 1. The van der Waals surface area contributed by atoms with Gasteiger partial charge in [-0.25, -0.2) is 9.48 Å². The third kappa shape index (κ3) is 4.93. The molecule has 0 bridgehead atoms. The van der Waals surface area contributed by atoms with Crippen LogP contribution < -0.4 is 0 Å². The van der Waals surface area contributed by atoms with Gasteiger partial charge in [0, 0.05) is 17.3 Å². The lowest BCUT2D eigenvalue weighted by molar-refractivity contribution is -0.143. The highest BCUT2D eigenvalue weighted by molar-refractivity contribution is 8.00. The molecule has 0 aliphatic heterocycles. The summed E-state index contributed by atoms with van der Waals surface area (Å²) in [6.07, 6.45) is -7.29. The zero-order valence-electron chi connectivity index (χ0n) is 17.1. The summed E-state index contributed by atoms with van der Waals surface area (Å²) in [5, 5.41) is 4.05. The number of methoxy groups -OCH3 is 1. The minimum Gasteiger partial charge on any atom is -0.465 e. The van der Waals surface area contributed by atoms with Crippen molar-refractivity contribution >= 4 is 35.0 Å². The molecule has 2 aromatic heterocycles. The van der Waals surface area contributed by atoms with Crippen molar-refractivity contribution in [1.82, 2.24) is 9.78 Å². The van der Waals surface area contributed by atoms with Crippen molar-refractivity contribution in [3.63, 3.8) is 0 Å². The van der Waals surface area contributed by atoms with Crippen LogP contribution in [0.15, 0.2) is 34.7 Å². The molecular formula is C20H14F6N2O3S2. The van der Waals surface area contributed by atoms with E-state index in [0.29, 0.717) is 37.0 Å². The van der Waals surface area contributed by atoms with E-state index in [4.69, 9.17) is 4.74 Å². The molecule has 176 valence electrons. The second kappa shape index (κ2) is 8.86. The Morgan fingerprint density at radius 2 is 1.64 bits per heavy atom. The van der Waals surface area contributed by atoms with Crippen LogP contribution in [0.4, 0.5) is 26.3 Å². The maximum absolute atomic E-state index is 13.1. The number of esters is 1. The van der Waals surface area contributed by atoms with Crippen LogP contribution in [0.25, 0.3) is 11.3 Å². The lowest BCUT2D eigenvalue weighted by atomic mass is 10.0. The Kier molecular flexibility index (Phi) is 6.67. The van der Waals surface area contributed by atoms with Crippen molar-refractivity contribution in [2.45, 2.75) is 23.5 Å². The molecule has 0 N–H and O–H groups in total. The average Bonchev–Trinajstić information content (AvgIpc) is 3.35. The van der Waals surface area contributed by atoms with Gasteiger partial charge in [0.1, 0.15) is 4.88 Å². The van der Waals surface area contributed by atoms with Crippen LogP contribution in [0, 0.1) is 6.92 Å². The predicted molar refractivity (Wildman–Crippen MR) is 110 cm³/mol. The van der Waals surface area contributed by atoms with E-state index >= 15 is 0 Å². The number of rotatable bonds is 4. The zero-order chi connectivity index (χ0) is 24.7. The quantitative estimate of drug-likeness (QED) is 0.240. The van der Waals surface area contributed by atoms with Gasteiger partial charge in [-0.05, 0) is 43.0 Å². The Bertz CT molecular complexity index is 1200. The number of nitrogens with zero attached hydrogens (tertiary/aromatic N) is 2. The first-order chi connectivity index (χ1) is 15.3. The van der Waals surface area contributed by atoms with Gasteiger partial charge in [-0.3, -0.25) is 4.79 Å². The second-order valence-corrected chi connectivity index (χ2v) is 8.76. The van der Waals surface area contributed by atoms with Crippen LogP contribution in [0.2, 0.25) is 0 Å². The normalized spacial score (nSPS) is 12.2. The van der Waals surface area contributed by atoms with Gasteiger partial charge >= 0.3 is 18.3 Å². The summed E-state index contributed by atoms with van der Waals surface area (Å²) in [7, 11) is 1.22. The smallest absolute Gasteiger partial charge is 0.416 e. The molecule has 2 heterocycles. The molecule has 0 spiro atoms. The van der Waals surface area contributed by atoms with E-state index < -0.39 is 40.9 Å². The molecule has 0 saturated heterocycles. The van der Waals surface area contributed by atoms with Crippen LogP contribution in [-0.4, -0.2) is 35.0 Å². The number of carbonyl (C=O) groups is 2. The summed E-state index contributed by atoms with van der Waals surface area (Å²) in [5.41, 5.74) is -2.77. The summed E-state index contributed by atoms with van der Waals surface area (Å²) in [6.45, 7) is 1.64. The van der Waals surface area contributed by atoms with E-state index in [1.165, 1.54) is 24.9 Å².